The third-order valence-corrected chi connectivity index (χ3v) is 24.2. The van der Waals surface area contributed by atoms with Gasteiger partial charge in [-0.1, -0.05) is 181 Å². The summed E-state index contributed by atoms with van der Waals surface area (Å²) in [6.45, 7) is 20.3. The Morgan fingerprint density at radius 1 is 0.471 bits per heavy atom. The van der Waals surface area contributed by atoms with Gasteiger partial charge in [0.2, 0.25) is 0 Å². The van der Waals surface area contributed by atoms with Gasteiger partial charge < -0.3 is 19.2 Å². The lowest BCUT2D eigenvalue weighted by atomic mass is 10.0. The molecule has 3 N–H and O–H groups in total. The van der Waals surface area contributed by atoms with Crippen LogP contribution >= 0.6 is 11.6 Å². The number of methoxy groups -OCH3 is 1. The highest BCUT2D eigenvalue weighted by atomic mass is 35.5. The van der Waals surface area contributed by atoms with Crippen molar-refractivity contribution in [3.63, 3.8) is 0 Å². The minimum Gasteiger partial charge on any atom is -0.497 e. The first-order valence-corrected chi connectivity index (χ1v) is 43.2. The van der Waals surface area contributed by atoms with Gasteiger partial charge in [-0.3, -0.25) is 29.2 Å². The van der Waals surface area contributed by atoms with E-state index in [0.29, 0.717) is 84.0 Å². The van der Waals surface area contributed by atoms with Crippen LogP contribution in [0.3, 0.4) is 0 Å². The van der Waals surface area contributed by atoms with E-state index in [4.69, 9.17) is 30.5 Å². The summed E-state index contributed by atoms with van der Waals surface area (Å²) in [5.41, 5.74) is 16.4. The van der Waals surface area contributed by atoms with Crippen molar-refractivity contribution in [2.75, 3.05) is 23.2 Å². The van der Waals surface area contributed by atoms with Crippen LogP contribution in [-0.4, -0.2) is 75.8 Å². The van der Waals surface area contributed by atoms with Crippen LogP contribution in [0.1, 0.15) is 90.4 Å². The summed E-state index contributed by atoms with van der Waals surface area (Å²) < 4.78 is 97.4. The van der Waals surface area contributed by atoms with Gasteiger partial charge in [0.15, 0.2) is 15.6 Å². The number of hydrogen-bond donors (Lipinski definition) is 3. The maximum atomic E-state index is 12.9. The maximum absolute atomic E-state index is 12.9. The zero-order valence-corrected chi connectivity index (χ0v) is 70.8. The molecule has 0 bridgehead atoms. The summed E-state index contributed by atoms with van der Waals surface area (Å²) >= 11 is 6.15. The number of benzene rings is 10. The SMILES string of the molecule is COc1ccc(-c2cc(C(=O)OCC(C)C)c3cc(C)ccc3n2)cc1.Cc1cc(C)c(S(=O)(=O)Nc2cccc3cccnc23)c(C)c1.Cc1ccc(CNC(=O)c2cc(-c3ccc(C)o3)nc3ccccc23)cc1.Cc1ccc(S(=O)(=O)Cc2ccc(Cl)c3cccnc23)cc1.Cc1ccc(S(=O)(=O)Nc2cccc3cccnc23)cc1. The number of para-hydroxylation sites is 3. The van der Waals surface area contributed by atoms with E-state index in [1.54, 1.807) is 117 Å². The Morgan fingerprint density at radius 2 is 1.00 bits per heavy atom. The Labute approximate surface area is 698 Å². The van der Waals surface area contributed by atoms with E-state index in [0.717, 1.165) is 99.7 Å². The number of esters is 1. The first-order chi connectivity index (χ1) is 57.0. The molecule has 10 aromatic carbocycles. The Bertz CT molecular complexity index is 6720. The predicted octanol–water partition coefficient (Wildman–Crippen LogP) is 21.5. The van der Waals surface area contributed by atoms with E-state index < -0.39 is 29.9 Å². The first kappa shape index (κ1) is 85.4. The summed E-state index contributed by atoms with van der Waals surface area (Å²) in [5.74, 6) is 2.00. The van der Waals surface area contributed by atoms with E-state index >= 15 is 0 Å². The predicted molar refractivity (Wildman–Crippen MR) is 476 cm³/mol. The number of nitrogens with one attached hydrogen (secondary N) is 3. The molecule has 0 fully saturated rings. The molecule has 119 heavy (non-hydrogen) atoms. The van der Waals surface area contributed by atoms with Crippen LogP contribution in [0.2, 0.25) is 5.02 Å². The number of ether oxygens (including phenoxy) is 2. The highest BCUT2D eigenvalue weighted by Crippen LogP contribution is 2.34. The van der Waals surface area contributed by atoms with Gasteiger partial charge in [-0.2, -0.15) is 0 Å². The molecule has 0 saturated carbocycles. The number of rotatable bonds is 18. The number of aryl methyl sites for hydroxylation is 8. The molecule has 0 atom stereocenters. The monoisotopic (exact) mass is 1660 g/mol. The normalized spacial score (nSPS) is 11.3. The van der Waals surface area contributed by atoms with E-state index in [9.17, 15) is 34.8 Å². The molecule has 16 aromatic rings. The molecule has 23 heteroatoms. The molecule has 0 aliphatic heterocycles. The molecule has 604 valence electrons. The van der Waals surface area contributed by atoms with Crippen LogP contribution in [0, 0.1) is 61.3 Å². The number of pyridine rings is 5. The molecule has 0 radical (unpaired) electrons. The van der Waals surface area contributed by atoms with Gasteiger partial charge in [-0.15, -0.1) is 0 Å². The molecule has 6 heterocycles. The lowest BCUT2D eigenvalue weighted by molar-refractivity contribution is 0.0461. The molecule has 0 saturated heterocycles. The van der Waals surface area contributed by atoms with Crippen LogP contribution in [0.4, 0.5) is 11.4 Å². The minimum absolute atomic E-state index is 0.0965. The van der Waals surface area contributed by atoms with Crippen molar-refractivity contribution >= 4 is 119 Å². The zero-order valence-electron chi connectivity index (χ0n) is 67.6. The molecule has 1 amide bonds. The number of halogens is 1. The number of furan rings is 1. The molecule has 6 aromatic heterocycles. The zero-order chi connectivity index (χ0) is 84.7. The topological polar surface area (TPSA) is 269 Å². The molecule has 16 rings (SSSR count). The molecular weight excluding hydrogens is 1570 g/mol. The van der Waals surface area contributed by atoms with Crippen LogP contribution < -0.4 is 19.5 Å². The summed E-state index contributed by atoms with van der Waals surface area (Å²) in [6.07, 6.45) is 4.94. The molecule has 19 nitrogen and oxygen atoms in total. The maximum Gasteiger partial charge on any atom is 0.338 e. The number of amides is 1. The van der Waals surface area contributed by atoms with E-state index in [2.05, 4.69) is 34.7 Å². The third-order valence-electron chi connectivity index (χ3n) is 19.1. The number of fused-ring (bicyclic) bond motifs is 5. The van der Waals surface area contributed by atoms with Crippen molar-refractivity contribution in [3.05, 3.63) is 351 Å². The summed E-state index contributed by atoms with van der Waals surface area (Å²) in [4.78, 5) is 48.7. The molecule has 0 aliphatic rings. The second-order valence-corrected chi connectivity index (χ2v) is 34.8. The standard InChI is InChI=1S/C23H20N2O2.C22H23NO3.C18H18N2O2S.C17H14ClNO2S.C16H14N2O2S/c1-15-7-10-17(11-8-15)14-24-23(26)19-13-21(22-12-9-16(2)27-22)25-20-6-4-3-5-18(19)20;1-14(2)13-26-22(24)19-12-21(16-6-8-17(25-4)9-7-16)23-20-10-5-15(3)11-18(19)20;1-12-10-13(2)18(14(3)11-12)23(21,22)20-16-8-4-6-15-7-5-9-19-17(15)16;1-12-4-7-14(8-5-12)22(20,21)11-13-6-9-16(18)15-3-2-10-19-17(13)15;1-12-7-9-14(10-8-12)21(19,20)18-15-6-2-4-13-5-3-11-17-16(13)15/h3-13H,14H2,1-2H3,(H,24,26);5-12,14H,13H2,1-4H3;4-11,20H,1-3H3;2-10H,11H2,1H3;2-11,18H,1H3. The molecule has 0 unspecified atom stereocenters. The second-order valence-electron chi connectivity index (χ2n) is 29.1. The number of sulfonamides is 2. The minimum atomic E-state index is -3.67. The number of carbonyl (C=O) groups excluding carboxylic acids is 2. The quantitative estimate of drug-likeness (QED) is 0.0674. The van der Waals surface area contributed by atoms with Crippen LogP contribution in [0.5, 0.6) is 5.75 Å². The number of aromatic nitrogens is 5. The number of anilines is 2. The van der Waals surface area contributed by atoms with E-state index in [-0.39, 0.29) is 28.4 Å². The van der Waals surface area contributed by atoms with Crippen molar-refractivity contribution < 1.29 is 48.7 Å². The number of sulfone groups is 1. The molecule has 0 spiro atoms. The fraction of sp³-hybridized carbons (Fsp3) is 0.156. The highest BCUT2D eigenvalue weighted by molar-refractivity contribution is 7.93. The van der Waals surface area contributed by atoms with Crippen molar-refractivity contribution in [1.29, 1.82) is 0 Å². The van der Waals surface area contributed by atoms with E-state index in [1.165, 1.54) is 5.56 Å². The van der Waals surface area contributed by atoms with Gasteiger partial charge in [0.1, 0.15) is 17.2 Å². The summed E-state index contributed by atoms with van der Waals surface area (Å²) in [7, 11) is -9.07. The Kier molecular flexibility index (Phi) is 27.2. The van der Waals surface area contributed by atoms with Crippen molar-refractivity contribution in [2.45, 2.75) is 96.2 Å². The Balaban J connectivity index is 0.000000137. The highest BCUT2D eigenvalue weighted by Gasteiger charge is 2.24. The van der Waals surface area contributed by atoms with Crippen molar-refractivity contribution in [2.24, 2.45) is 5.92 Å². The van der Waals surface area contributed by atoms with Crippen LogP contribution in [0.15, 0.2) is 299 Å². The number of carbonyl (C=O) groups is 2. The smallest absolute Gasteiger partial charge is 0.338 e. The Morgan fingerprint density at radius 3 is 1.60 bits per heavy atom. The van der Waals surface area contributed by atoms with Crippen molar-refractivity contribution in [3.8, 4) is 28.5 Å². The number of hydrogen-bond acceptors (Lipinski definition) is 16. The lowest BCUT2D eigenvalue weighted by Gasteiger charge is -2.14. The fourth-order valence-electron chi connectivity index (χ4n) is 13.2. The molecular formula is C96H89ClN8O11S3. The van der Waals surface area contributed by atoms with Crippen LogP contribution in [0.25, 0.3) is 77.2 Å². The van der Waals surface area contributed by atoms with Gasteiger partial charge in [0, 0.05) is 62.7 Å². The van der Waals surface area contributed by atoms with Gasteiger partial charge in [0.05, 0.1) is 89.9 Å². The Hall–Kier alpha value is -13.0. The van der Waals surface area contributed by atoms with E-state index in [1.807, 2.05) is 239 Å². The summed E-state index contributed by atoms with van der Waals surface area (Å²) in [6, 6.07) is 79.4. The molecule has 0 aliphatic carbocycles. The van der Waals surface area contributed by atoms with Gasteiger partial charge in [0.25, 0.3) is 26.0 Å². The van der Waals surface area contributed by atoms with Gasteiger partial charge in [-0.05, 0) is 217 Å². The third kappa shape index (κ3) is 21.6. The number of nitrogens with zero attached hydrogens (tertiary/aromatic N) is 5. The second kappa shape index (κ2) is 38.0. The van der Waals surface area contributed by atoms with Gasteiger partial charge >= 0.3 is 5.97 Å². The van der Waals surface area contributed by atoms with Crippen LogP contribution in [-0.2, 0) is 46.9 Å². The first-order valence-electron chi connectivity index (χ1n) is 38.2. The average Bonchev–Trinajstić information content (AvgIpc) is 1.75. The summed E-state index contributed by atoms with van der Waals surface area (Å²) in [5, 5.41) is 7.77. The fourth-order valence-corrected chi connectivity index (χ4v) is 17.4. The van der Waals surface area contributed by atoms with Crippen molar-refractivity contribution in [1.82, 2.24) is 30.2 Å². The largest absolute Gasteiger partial charge is 0.497 e. The average molecular weight is 1660 g/mol. The lowest BCUT2D eigenvalue weighted by Crippen LogP contribution is -2.23. The van der Waals surface area contributed by atoms with Gasteiger partial charge in [-0.25, -0.2) is 40.0 Å².